The largest absolute Gasteiger partial charge is 0.444 e. The van der Waals surface area contributed by atoms with Crippen molar-refractivity contribution < 1.29 is 9.53 Å². The Labute approximate surface area is 171 Å². The van der Waals surface area contributed by atoms with Crippen LogP contribution in [-0.2, 0) is 4.74 Å². The van der Waals surface area contributed by atoms with E-state index in [4.69, 9.17) is 21.4 Å². The third-order valence-corrected chi connectivity index (χ3v) is 6.77. The SMILES string of the molecule is CC(C)(C)OC(=O)N1C2CC1CN(c1nn(PI)c3cc(Cl)ncc13)C2. The molecule has 3 atom stereocenters. The summed E-state index contributed by atoms with van der Waals surface area (Å²) in [5.41, 5.74) is 0.526. The fraction of sp³-hybridized carbons (Fsp3) is 0.562. The number of nitrogens with zero attached hydrogens (tertiary/aromatic N) is 5. The van der Waals surface area contributed by atoms with Crippen LogP contribution in [0.15, 0.2) is 12.3 Å². The molecule has 0 radical (unpaired) electrons. The Morgan fingerprint density at radius 3 is 2.69 bits per heavy atom. The van der Waals surface area contributed by atoms with Crippen molar-refractivity contribution in [3.63, 3.8) is 0 Å². The summed E-state index contributed by atoms with van der Waals surface area (Å²) < 4.78 is 7.51. The van der Waals surface area contributed by atoms with Gasteiger partial charge < -0.3 is 9.64 Å². The van der Waals surface area contributed by atoms with Crippen molar-refractivity contribution in [2.75, 3.05) is 18.0 Å². The Bertz CT molecular complexity index is 858. The lowest BCUT2D eigenvalue weighted by molar-refractivity contribution is -0.0380. The van der Waals surface area contributed by atoms with Crippen molar-refractivity contribution in [2.45, 2.75) is 44.9 Å². The fourth-order valence-corrected chi connectivity index (χ4v) is 5.33. The first-order chi connectivity index (χ1) is 12.3. The summed E-state index contributed by atoms with van der Waals surface area (Å²) in [6.45, 7) is 7.21. The molecule has 0 aromatic carbocycles. The van der Waals surface area contributed by atoms with Gasteiger partial charge in [-0.25, -0.2) is 14.2 Å². The standard InChI is InChI=1S/C16H20ClIN5O2P/c1-16(2,3)25-15(24)22-9-4-10(22)8-21(7-9)14-11-6-19-13(17)5-12(11)23(20-14)26-18/h5-6,9-10,26H,4,7-8H2,1-3H3. The van der Waals surface area contributed by atoms with Crippen molar-refractivity contribution in [1.82, 2.24) is 19.4 Å². The van der Waals surface area contributed by atoms with Crippen molar-refractivity contribution in [3.05, 3.63) is 17.4 Å². The monoisotopic (exact) mass is 507 g/mol. The first-order valence-electron chi connectivity index (χ1n) is 8.44. The van der Waals surface area contributed by atoms with Gasteiger partial charge in [0, 0.05) is 25.4 Å². The topological polar surface area (TPSA) is 63.5 Å². The summed E-state index contributed by atoms with van der Waals surface area (Å²) >= 11 is 8.37. The number of ether oxygens (including phenoxy) is 1. The number of amides is 1. The number of halogens is 2. The molecular formula is C16H20ClIN5O2P. The molecule has 3 aliphatic rings. The van der Waals surface area contributed by atoms with E-state index in [0.717, 1.165) is 36.2 Å². The highest BCUT2D eigenvalue weighted by molar-refractivity contribution is 14.2. The van der Waals surface area contributed by atoms with Gasteiger partial charge >= 0.3 is 6.09 Å². The maximum absolute atomic E-state index is 12.4. The van der Waals surface area contributed by atoms with Crippen LogP contribution in [0, 0.1) is 0 Å². The van der Waals surface area contributed by atoms with Gasteiger partial charge in [0.2, 0.25) is 0 Å². The number of rotatable bonds is 2. The van der Waals surface area contributed by atoms with Crippen LogP contribution in [0.1, 0.15) is 27.2 Å². The molecule has 5 heterocycles. The number of piperazine rings is 1. The van der Waals surface area contributed by atoms with E-state index in [9.17, 15) is 4.79 Å². The number of aromatic nitrogens is 3. The molecule has 2 aromatic rings. The van der Waals surface area contributed by atoms with E-state index in [1.807, 2.05) is 36.2 Å². The van der Waals surface area contributed by atoms with E-state index in [0.29, 0.717) is 11.5 Å². The molecule has 0 aliphatic carbocycles. The van der Waals surface area contributed by atoms with Gasteiger partial charge in [-0.15, -0.1) is 5.10 Å². The van der Waals surface area contributed by atoms with Crippen LogP contribution >= 0.6 is 40.0 Å². The van der Waals surface area contributed by atoms with Crippen LogP contribution in [0.5, 0.6) is 0 Å². The van der Waals surface area contributed by atoms with E-state index in [2.05, 4.69) is 31.9 Å². The smallest absolute Gasteiger partial charge is 0.410 e. The van der Waals surface area contributed by atoms with Crippen LogP contribution in [0.3, 0.4) is 0 Å². The molecule has 0 saturated carbocycles. The summed E-state index contributed by atoms with van der Waals surface area (Å²) in [5.74, 6) is 0.923. The second-order valence-electron chi connectivity index (χ2n) is 7.68. The third kappa shape index (κ3) is 3.24. The van der Waals surface area contributed by atoms with Gasteiger partial charge in [-0.1, -0.05) is 11.6 Å². The highest BCUT2D eigenvalue weighted by atomic mass is 127. The molecule has 140 valence electrons. The quantitative estimate of drug-likeness (QED) is 0.348. The molecule has 0 spiro atoms. The maximum atomic E-state index is 12.4. The number of pyridine rings is 1. The van der Waals surface area contributed by atoms with Crippen molar-refractivity contribution in [3.8, 4) is 0 Å². The molecule has 2 bridgehead atoms. The molecule has 3 fully saturated rings. The average molecular weight is 508 g/mol. The highest BCUT2D eigenvalue weighted by Crippen LogP contribution is 2.39. The molecular weight excluding hydrogens is 488 g/mol. The van der Waals surface area contributed by atoms with Gasteiger partial charge in [0.15, 0.2) is 5.82 Å². The van der Waals surface area contributed by atoms with Crippen LogP contribution in [0.2, 0.25) is 5.15 Å². The van der Waals surface area contributed by atoms with Gasteiger partial charge in [-0.3, -0.25) is 4.90 Å². The van der Waals surface area contributed by atoms with Gasteiger partial charge in [0.1, 0.15) is 10.8 Å². The van der Waals surface area contributed by atoms with Crippen molar-refractivity contribution in [2.24, 2.45) is 0 Å². The molecule has 1 amide bonds. The number of carbonyl (C=O) groups excluding carboxylic acids is 1. The van der Waals surface area contributed by atoms with Gasteiger partial charge in [-0.2, -0.15) is 0 Å². The molecule has 3 aliphatic heterocycles. The zero-order chi connectivity index (χ0) is 18.6. The van der Waals surface area contributed by atoms with Gasteiger partial charge in [0.05, 0.1) is 29.4 Å². The number of hydrogen-bond donors (Lipinski definition) is 0. The number of carbonyl (C=O) groups is 1. The first-order valence-corrected chi connectivity index (χ1v) is 12.9. The fourth-order valence-electron chi connectivity index (χ4n) is 3.66. The lowest BCUT2D eigenvalue weighted by atomic mass is 9.88. The molecule has 2 aromatic heterocycles. The van der Waals surface area contributed by atoms with E-state index in [-0.39, 0.29) is 18.2 Å². The normalized spacial score (nSPS) is 23.0. The van der Waals surface area contributed by atoms with Crippen molar-refractivity contribution in [1.29, 1.82) is 0 Å². The Morgan fingerprint density at radius 1 is 1.38 bits per heavy atom. The first kappa shape index (κ1) is 18.5. The highest BCUT2D eigenvalue weighted by Gasteiger charge is 2.49. The Balaban J connectivity index is 1.56. The minimum absolute atomic E-state index is 0.172. The Morgan fingerprint density at radius 2 is 2.08 bits per heavy atom. The molecule has 10 heteroatoms. The molecule has 3 saturated heterocycles. The minimum Gasteiger partial charge on any atom is -0.444 e. The molecule has 0 N–H and O–H groups in total. The third-order valence-electron chi connectivity index (χ3n) is 4.69. The summed E-state index contributed by atoms with van der Waals surface area (Å²) in [6, 6.07) is 2.20. The van der Waals surface area contributed by atoms with E-state index in [1.165, 1.54) is 0 Å². The van der Waals surface area contributed by atoms with Crippen molar-refractivity contribution >= 4 is 62.8 Å². The van der Waals surface area contributed by atoms with Crippen LogP contribution in [0.4, 0.5) is 10.6 Å². The predicted molar refractivity (Wildman–Crippen MR) is 113 cm³/mol. The van der Waals surface area contributed by atoms with Gasteiger partial charge in [0.25, 0.3) is 0 Å². The Hall–Kier alpha value is -0.860. The number of fused-ring (bicyclic) bond motifs is 3. The predicted octanol–water partition coefficient (Wildman–Crippen LogP) is 4.07. The lowest BCUT2D eigenvalue weighted by Crippen LogP contribution is -2.70. The van der Waals surface area contributed by atoms with Crippen LogP contribution in [0.25, 0.3) is 10.9 Å². The minimum atomic E-state index is -0.470. The van der Waals surface area contributed by atoms with E-state index in [1.54, 1.807) is 6.20 Å². The number of hydrogen-bond acceptors (Lipinski definition) is 5. The number of anilines is 1. The van der Waals surface area contributed by atoms with E-state index >= 15 is 0 Å². The second-order valence-corrected chi connectivity index (χ2v) is 10.1. The maximum Gasteiger partial charge on any atom is 0.410 e. The molecule has 7 nitrogen and oxygen atoms in total. The molecule has 5 rings (SSSR count). The number of piperidine rings is 1. The summed E-state index contributed by atoms with van der Waals surface area (Å²) in [6.07, 6.45) is 3.08. The summed E-state index contributed by atoms with van der Waals surface area (Å²) in [4.78, 5) is 20.8. The van der Waals surface area contributed by atoms with Gasteiger partial charge in [-0.05, 0) is 49.2 Å². The zero-order valence-electron chi connectivity index (χ0n) is 14.7. The molecule has 3 unspecified atom stereocenters. The van der Waals surface area contributed by atoms with Crippen LogP contribution < -0.4 is 4.90 Å². The average Bonchev–Trinajstić information content (AvgIpc) is 2.90. The summed E-state index contributed by atoms with van der Waals surface area (Å²) in [5, 5.41) is 6.24. The Kier molecular flexibility index (Phi) is 4.72. The molecule has 26 heavy (non-hydrogen) atoms. The van der Waals surface area contributed by atoms with Crippen LogP contribution in [-0.4, -0.2) is 56.3 Å². The second kappa shape index (κ2) is 6.63. The zero-order valence-corrected chi connectivity index (χ0v) is 18.7. The lowest BCUT2D eigenvalue weighted by Gasteiger charge is -2.55. The van der Waals surface area contributed by atoms with E-state index < -0.39 is 5.60 Å². The summed E-state index contributed by atoms with van der Waals surface area (Å²) in [7, 11) is 0.